The molecule has 0 aromatic heterocycles. The maximum absolute atomic E-state index is 12.5. The number of rotatable bonds is 4. The first-order valence-corrected chi connectivity index (χ1v) is 9.46. The summed E-state index contributed by atoms with van der Waals surface area (Å²) in [7, 11) is -1.25. The maximum atomic E-state index is 12.5. The van der Waals surface area contributed by atoms with Crippen LogP contribution in [0.1, 0.15) is 19.3 Å². The Labute approximate surface area is 142 Å². The Morgan fingerprint density at radius 3 is 2.36 bits per heavy atom. The molecule has 0 saturated carbocycles. The van der Waals surface area contributed by atoms with Gasteiger partial charge in [0, 0.05) is 17.6 Å². The summed E-state index contributed by atoms with van der Waals surface area (Å²) in [6.07, 6.45) is 3.76. The lowest BCUT2D eigenvalue weighted by atomic mass is 10.1. The van der Waals surface area contributed by atoms with Gasteiger partial charge < -0.3 is 4.90 Å². The van der Waals surface area contributed by atoms with E-state index in [2.05, 4.69) is 31.6 Å². The topological polar surface area (TPSA) is 32.3 Å². The van der Waals surface area contributed by atoms with Crippen molar-refractivity contribution < 1.29 is 4.21 Å². The lowest BCUT2D eigenvalue weighted by Crippen LogP contribution is -2.30. The number of para-hydroxylation sites is 2. The van der Waals surface area contributed by atoms with E-state index in [1.807, 2.05) is 42.5 Å². The van der Waals surface area contributed by atoms with E-state index in [0.717, 1.165) is 33.8 Å². The van der Waals surface area contributed by atoms with Crippen LogP contribution in [0.3, 0.4) is 0 Å². The molecule has 1 aliphatic rings. The van der Waals surface area contributed by atoms with E-state index in [1.54, 1.807) is 0 Å². The van der Waals surface area contributed by atoms with Crippen LogP contribution in [0.15, 0.2) is 57.9 Å². The summed E-state index contributed by atoms with van der Waals surface area (Å²) < 4.78 is 16.7. The highest BCUT2D eigenvalue weighted by Gasteiger charge is 2.15. The van der Waals surface area contributed by atoms with Gasteiger partial charge in [-0.05, 0) is 55.7 Å². The van der Waals surface area contributed by atoms with Gasteiger partial charge in [0.25, 0.3) is 0 Å². The van der Waals surface area contributed by atoms with Crippen LogP contribution in [0.5, 0.6) is 0 Å². The zero-order valence-electron chi connectivity index (χ0n) is 12.3. The van der Waals surface area contributed by atoms with Crippen molar-refractivity contribution in [3.05, 3.63) is 53.0 Å². The van der Waals surface area contributed by atoms with E-state index >= 15 is 0 Å². The van der Waals surface area contributed by atoms with Gasteiger partial charge in [-0.3, -0.25) is 4.72 Å². The fourth-order valence-electron chi connectivity index (χ4n) is 2.69. The average molecular weight is 379 g/mol. The quantitative estimate of drug-likeness (QED) is 0.844. The van der Waals surface area contributed by atoms with Crippen molar-refractivity contribution in [2.24, 2.45) is 0 Å². The van der Waals surface area contributed by atoms with Crippen molar-refractivity contribution in [1.29, 1.82) is 0 Å². The van der Waals surface area contributed by atoms with Gasteiger partial charge in [0.1, 0.15) is 11.0 Å². The van der Waals surface area contributed by atoms with Crippen molar-refractivity contribution in [3.8, 4) is 0 Å². The minimum absolute atomic E-state index is 0.775. The molecule has 1 unspecified atom stereocenters. The van der Waals surface area contributed by atoms with Crippen molar-refractivity contribution in [2.75, 3.05) is 22.7 Å². The lowest BCUT2D eigenvalue weighted by Gasteiger charge is -2.30. The molecule has 1 aliphatic heterocycles. The third-order valence-electron chi connectivity index (χ3n) is 3.83. The Balaban J connectivity index is 1.79. The number of anilines is 2. The van der Waals surface area contributed by atoms with Crippen molar-refractivity contribution in [1.82, 2.24) is 0 Å². The van der Waals surface area contributed by atoms with E-state index in [-0.39, 0.29) is 0 Å². The van der Waals surface area contributed by atoms with Gasteiger partial charge in [-0.2, -0.15) is 0 Å². The first-order valence-electron chi connectivity index (χ1n) is 7.52. The SMILES string of the molecule is O=S(Nc1ccccc1N1CCCCC1)c1ccc(Br)cc1. The monoisotopic (exact) mass is 378 g/mol. The molecule has 0 spiro atoms. The fourth-order valence-corrected chi connectivity index (χ4v) is 3.83. The number of nitrogens with one attached hydrogen (secondary N) is 1. The number of nitrogens with zero attached hydrogens (tertiary/aromatic N) is 1. The van der Waals surface area contributed by atoms with Crippen LogP contribution in [-0.2, 0) is 11.0 Å². The van der Waals surface area contributed by atoms with Gasteiger partial charge in [0.15, 0.2) is 0 Å². The molecule has 1 heterocycles. The number of hydrogen-bond acceptors (Lipinski definition) is 2. The van der Waals surface area contributed by atoms with Gasteiger partial charge in [0.2, 0.25) is 0 Å². The molecular formula is C17H19BrN2OS. The van der Waals surface area contributed by atoms with Crippen LogP contribution in [0.25, 0.3) is 0 Å². The molecule has 22 heavy (non-hydrogen) atoms. The van der Waals surface area contributed by atoms with Crippen molar-refractivity contribution >= 4 is 38.3 Å². The molecule has 0 radical (unpaired) electrons. The van der Waals surface area contributed by atoms with Crippen LogP contribution in [-0.4, -0.2) is 17.3 Å². The standard InChI is InChI=1S/C17H19BrN2OS/c18-14-8-10-15(11-9-14)22(21)19-16-6-2-3-7-17(16)20-12-4-1-5-13-20/h2-3,6-11,19H,1,4-5,12-13H2. The maximum Gasteiger partial charge on any atom is 0.150 e. The summed E-state index contributed by atoms with van der Waals surface area (Å²) in [5.74, 6) is 0. The minimum atomic E-state index is -1.25. The van der Waals surface area contributed by atoms with Gasteiger partial charge in [-0.1, -0.05) is 28.1 Å². The summed E-state index contributed by atoms with van der Waals surface area (Å²) in [6, 6.07) is 15.7. The second-order valence-electron chi connectivity index (χ2n) is 5.39. The number of halogens is 1. The van der Waals surface area contributed by atoms with Crippen LogP contribution < -0.4 is 9.62 Å². The molecule has 1 atom stereocenters. The van der Waals surface area contributed by atoms with Crippen molar-refractivity contribution in [3.63, 3.8) is 0 Å². The highest BCUT2D eigenvalue weighted by molar-refractivity contribution is 9.10. The minimum Gasteiger partial charge on any atom is -0.370 e. The summed E-state index contributed by atoms with van der Waals surface area (Å²) in [5, 5.41) is 0. The smallest absolute Gasteiger partial charge is 0.150 e. The summed E-state index contributed by atoms with van der Waals surface area (Å²) in [5.41, 5.74) is 2.08. The van der Waals surface area contributed by atoms with Gasteiger partial charge in [0.05, 0.1) is 16.3 Å². The normalized spacial score (nSPS) is 16.3. The predicted octanol–water partition coefficient (Wildman–Crippen LogP) is 4.57. The zero-order chi connectivity index (χ0) is 15.4. The van der Waals surface area contributed by atoms with Gasteiger partial charge >= 0.3 is 0 Å². The van der Waals surface area contributed by atoms with Crippen LogP contribution in [0.2, 0.25) is 0 Å². The molecule has 2 aromatic rings. The third kappa shape index (κ3) is 3.70. The number of hydrogen-bond donors (Lipinski definition) is 1. The highest BCUT2D eigenvalue weighted by atomic mass is 79.9. The fraction of sp³-hybridized carbons (Fsp3) is 0.294. The molecule has 1 saturated heterocycles. The first-order chi connectivity index (χ1) is 10.7. The Morgan fingerprint density at radius 2 is 1.64 bits per heavy atom. The molecule has 3 rings (SSSR count). The van der Waals surface area contributed by atoms with Gasteiger partial charge in [-0.25, -0.2) is 4.21 Å². The van der Waals surface area contributed by atoms with E-state index in [1.165, 1.54) is 19.3 Å². The van der Waals surface area contributed by atoms with E-state index in [9.17, 15) is 4.21 Å². The second kappa shape index (κ2) is 7.29. The molecule has 0 bridgehead atoms. The molecule has 1 N–H and O–H groups in total. The molecule has 3 nitrogen and oxygen atoms in total. The molecule has 0 aliphatic carbocycles. The summed E-state index contributed by atoms with van der Waals surface area (Å²) in [6.45, 7) is 2.15. The molecule has 116 valence electrons. The first kappa shape index (κ1) is 15.6. The molecule has 0 amide bonds. The van der Waals surface area contributed by atoms with Crippen molar-refractivity contribution in [2.45, 2.75) is 24.2 Å². The van der Waals surface area contributed by atoms with Gasteiger partial charge in [-0.15, -0.1) is 0 Å². The Morgan fingerprint density at radius 1 is 0.955 bits per heavy atom. The molecule has 1 fully saturated rings. The largest absolute Gasteiger partial charge is 0.370 e. The average Bonchev–Trinajstić information content (AvgIpc) is 2.57. The zero-order valence-corrected chi connectivity index (χ0v) is 14.7. The Hall–Kier alpha value is -1.33. The van der Waals surface area contributed by atoms with Crippen LogP contribution >= 0.6 is 15.9 Å². The molecular weight excluding hydrogens is 360 g/mol. The Bertz CT molecular complexity index is 654. The van der Waals surface area contributed by atoms with Crippen LogP contribution in [0, 0.1) is 0 Å². The second-order valence-corrected chi connectivity index (χ2v) is 7.52. The predicted molar refractivity (Wildman–Crippen MR) is 96.7 cm³/mol. The van der Waals surface area contributed by atoms with E-state index in [4.69, 9.17) is 0 Å². The van der Waals surface area contributed by atoms with E-state index < -0.39 is 11.0 Å². The summed E-state index contributed by atoms with van der Waals surface area (Å²) in [4.78, 5) is 3.15. The summed E-state index contributed by atoms with van der Waals surface area (Å²) >= 11 is 3.40. The molecule has 5 heteroatoms. The van der Waals surface area contributed by atoms with E-state index in [0.29, 0.717) is 0 Å². The lowest BCUT2D eigenvalue weighted by molar-refractivity contribution is 0.578. The molecule has 2 aromatic carbocycles. The Kier molecular flexibility index (Phi) is 5.16. The van der Waals surface area contributed by atoms with Crippen LogP contribution in [0.4, 0.5) is 11.4 Å². The number of benzene rings is 2. The third-order valence-corrected chi connectivity index (χ3v) is 5.47. The number of piperidine rings is 1. The highest BCUT2D eigenvalue weighted by Crippen LogP contribution is 2.29.